The molecule has 0 aliphatic heterocycles. The van der Waals surface area contributed by atoms with E-state index in [0.717, 1.165) is 11.8 Å². The normalized spacial score (nSPS) is 10.0. The number of carbonyl (C=O) groups is 2. The summed E-state index contributed by atoms with van der Waals surface area (Å²) < 4.78 is 5.74. The largest absolute Gasteiger partial charge is 0.481 e. The lowest BCUT2D eigenvalue weighted by molar-refractivity contribution is -0.133. The smallest absolute Gasteiger partial charge is 0.313 e. The Morgan fingerprint density at radius 2 is 1.68 bits per heavy atom. The second kappa shape index (κ2) is 8.09. The molecule has 0 saturated carbocycles. The van der Waals surface area contributed by atoms with Gasteiger partial charge in [0.25, 0.3) is 0 Å². The van der Waals surface area contributed by atoms with Crippen molar-refractivity contribution in [3.05, 3.63) is 54.6 Å². The predicted octanol–water partition coefficient (Wildman–Crippen LogP) is 3.24. The summed E-state index contributed by atoms with van der Waals surface area (Å²) in [5.41, 5.74) is 0.548. The van der Waals surface area contributed by atoms with Crippen LogP contribution in [-0.4, -0.2) is 28.5 Å². The molecule has 6 heteroatoms. The number of nitrogens with one attached hydrogen (secondary N) is 1. The molecule has 2 rings (SSSR count). The summed E-state index contributed by atoms with van der Waals surface area (Å²) >= 11 is 1.05. The number of carbonyl (C=O) groups excluding carboxylic acids is 1. The zero-order valence-electron chi connectivity index (χ0n) is 11.7. The van der Waals surface area contributed by atoms with Crippen LogP contribution in [0.2, 0.25) is 0 Å². The van der Waals surface area contributed by atoms with Gasteiger partial charge in [0.05, 0.1) is 17.2 Å². The van der Waals surface area contributed by atoms with Crippen molar-refractivity contribution >= 4 is 29.3 Å². The number of carboxylic acid groups (broad SMARTS) is 1. The Hall–Kier alpha value is -2.47. The number of thioether (sulfide) groups is 1. The van der Waals surface area contributed by atoms with Crippen LogP contribution in [0.5, 0.6) is 11.5 Å². The highest BCUT2D eigenvalue weighted by Gasteiger charge is 2.09. The Balaban J connectivity index is 1.99. The van der Waals surface area contributed by atoms with Gasteiger partial charge in [0.15, 0.2) is 5.75 Å². The molecule has 0 saturated heterocycles. The van der Waals surface area contributed by atoms with Gasteiger partial charge in [-0.15, -0.1) is 11.8 Å². The van der Waals surface area contributed by atoms with E-state index in [4.69, 9.17) is 9.84 Å². The molecule has 1 amide bonds. The third kappa shape index (κ3) is 5.14. The Morgan fingerprint density at radius 3 is 2.41 bits per heavy atom. The molecule has 0 aromatic heterocycles. The molecule has 0 bridgehead atoms. The molecule has 5 nitrogen and oxygen atoms in total. The van der Waals surface area contributed by atoms with Crippen molar-refractivity contribution in [1.82, 2.24) is 0 Å². The van der Waals surface area contributed by atoms with E-state index in [1.807, 2.05) is 36.4 Å². The fraction of sp³-hybridized carbons (Fsp3) is 0.125. The Labute approximate surface area is 132 Å². The summed E-state index contributed by atoms with van der Waals surface area (Å²) in [5.74, 6) is -0.0302. The van der Waals surface area contributed by atoms with Crippen LogP contribution < -0.4 is 10.1 Å². The summed E-state index contributed by atoms with van der Waals surface area (Å²) in [6.07, 6.45) is 0. The first-order valence-electron chi connectivity index (χ1n) is 6.56. The number of carboxylic acids is 1. The Morgan fingerprint density at radius 1 is 1.00 bits per heavy atom. The molecule has 0 fully saturated rings. The molecule has 0 aliphatic carbocycles. The molecule has 114 valence electrons. The maximum absolute atomic E-state index is 11.8. The van der Waals surface area contributed by atoms with Crippen molar-refractivity contribution < 1.29 is 19.4 Å². The van der Waals surface area contributed by atoms with Crippen molar-refractivity contribution in [2.75, 3.05) is 16.8 Å². The van der Waals surface area contributed by atoms with E-state index in [2.05, 4.69) is 5.32 Å². The average Bonchev–Trinajstić information content (AvgIpc) is 2.50. The summed E-state index contributed by atoms with van der Waals surface area (Å²) in [5, 5.41) is 11.3. The monoisotopic (exact) mass is 317 g/mol. The quantitative estimate of drug-likeness (QED) is 0.820. The fourth-order valence-electron chi connectivity index (χ4n) is 1.69. The highest BCUT2D eigenvalue weighted by Crippen LogP contribution is 2.29. The van der Waals surface area contributed by atoms with E-state index in [9.17, 15) is 9.59 Å². The SMILES string of the molecule is O=C(O)CSCC(=O)Nc1ccccc1Oc1ccccc1. The summed E-state index contributed by atoms with van der Waals surface area (Å²) in [6, 6.07) is 16.3. The molecule has 0 heterocycles. The lowest BCUT2D eigenvalue weighted by atomic mass is 10.3. The molecule has 2 N–H and O–H groups in total. The maximum Gasteiger partial charge on any atom is 0.313 e. The van der Waals surface area contributed by atoms with Gasteiger partial charge >= 0.3 is 5.97 Å². The van der Waals surface area contributed by atoms with Gasteiger partial charge < -0.3 is 15.2 Å². The number of anilines is 1. The van der Waals surface area contributed by atoms with Crippen LogP contribution in [0.25, 0.3) is 0 Å². The molecule has 0 aliphatic rings. The third-order valence-electron chi connectivity index (χ3n) is 2.59. The van der Waals surface area contributed by atoms with E-state index in [1.165, 1.54) is 0 Å². The molecular formula is C16H15NO4S. The predicted molar refractivity (Wildman–Crippen MR) is 86.5 cm³/mol. The minimum absolute atomic E-state index is 0.0754. The first kappa shape index (κ1) is 15.9. The van der Waals surface area contributed by atoms with Crippen LogP contribution in [0.3, 0.4) is 0 Å². The number of rotatable bonds is 7. The second-order valence-electron chi connectivity index (χ2n) is 4.35. The minimum atomic E-state index is -0.939. The minimum Gasteiger partial charge on any atom is -0.481 e. The van der Waals surface area contributed by atoms with Crippen molar-refractivity contribution in [2.45, 2.75) is 0 Å². The van der Waals surface area contributed by atoms with Gasteiger partial charge in [-0.25, -0.2) is 0 Å². The standard InChI is InChI=1S/C16H15NO4S/c18-15(10-22-11-16(19)20)17-13-8-4-5-9-14(13)21-12-6-2-1-3-7-12/h1-9H,10-11H2,(H,17,18)(H,19,20). The number of benzene rings is 2. The highest BCUT2D eigenvalue weighted by molar-refractivity contribution is 8.00. The van der Waals surface area contributed by atoms with Gasteiger partial charge in [-0.1, -0.05) is 30.3 Å². The van der Waals surface area contributed by atoms with Crippen molar-refractivity contribution in [1.29, 1.82) is 0 Å². The zero-order chi connectivity index (χ0) is 15.8. The van der Waals surface area contributed by atoms with Crippen LogP contribution in [0.1, 0.15) is 0 Å². The molecule has 2 aromatic carbocycles. The van der Waals surface area contributed by atoms with Crippen LogP contribution in [0.4, 0.5) is 5.69 Å². The van der Waals surface area contributed by atoms with Gasteiger partial charge in [0.1, 0.15) is 5.75 Å². The molecule has 0 unspecified atom stereocenters. The number of ether oxygens (including phenoxy) is 1. The molecule has 0 spiro atoms. The molecule has 0 atom stereocenters. The second-order valence-corrected chi connectivity index (χ2v) is 5.33. The molecular weight excluding hydrogens is 302 g/mol. The lowest BCUT2D eigenvalue weighted by Crippen LogP contribution is -2.15. The van der Waals surface area contributed by atoms with Gasteiger partial charge in [-0.05, 0) is 24.3 Å². The molecule has 2 aromatic rings. The number of amides is 1. The van der Waals surface area contributed by atoms with E-state index in [1.54, 1.807) is 18.2 Å². The van der Waals surface area contributed by atoms with Crippen LogP contribution in [-0.2, 0) is 9.59 Å². The van der Waals surface area contributed by atoms with Gasteiger partial charge in [0.2, 0.25) is 5.91 Å². The average molecular weight is 317 g/mol. The number of hydrogen-bond acceptors (Lipinski definition) is 4. The van der Waals surface area contributed by atoms with Crippen LogP contribution in [0.15, 0.2) is 54.6 Å². The van der Waals surface area contributed by atoms with Crippen molar-refractivity contribution in [3.8, 4) is 11.5 Å². The molecule has 22 heavy (non-hydrogen) atoms. The van der Waals surface area contributed by atoms with Gasteiger partial charge in [-0.2, -0.15) is 0 Å². The van der Waals surface area contributed by atoms with E-state index in [-0.39, 0.29) is 17.4 Å². The maximum atomic E-state index is 11.8. The first-order chi connectivity index (χ1) is 10.6. The third-order valence-corrected chi connectivity index (χ3v) is 3.51. The summed E-state index contributed by atoms with van der Waals surface area (Å²) in [7, 11) is 0. The van der Waals surface area contributed by atoms with Crippen molar-refractivity contribution in [3.63, 3.8) is 0 Å². The topological polar surface area (TPSA) is 75.6 Å². The van der Waals surface area contributed by atoms with Crippen LogP contribution >= 0.6 is 11.8 Å². The van der Waals surface area contributed by atoms with Gasteiger partial charge in [-0.3, -0.25) is 9.59 Å². The zero-order valence-corrected chi connectivity index (χ0v) is 12.5. The Bertz CT molecular complexity index is 646. The number of aliphatic carboxylic acids is 1. The van der Waals surface area contributed by atoms with E-state index < -0.39 is 5.97 Å². The summed E-state index contributed by atoms with van der Waals surface area (Å²) in [4.78, 5) is 22.2. The highest BCUT2D eigenvalue weighted by atomic mass is 32.2. The Kier molecular flexibility index (Phi) is 5.85. The van der Waals surface area contributed by atoms with E-state index in [0.29, 0.717) is 17.2 Å². The number of hydrogen-bond donors (Lipinski definition) is 2. The summed E-state index contributed by atoms with van der Waals surface area (Å²) in [6.45, 7) is 0. The molecule has 0 radical (unpaired) electrons. The lowest BCUT2D eigenvalue weighted by Gasteiger charge is -2.12. The van der Waals surface area contributed by atoms with Gasteiger partial charge in [0, 0.05) is 0 Å². The van der Waals surface area contributed by atoms with E-state index >= 15 is 0 Å². The van der Waals surface area contributed by atoms with Crippen LogP contribution in [0, 0.1) is 0 Å². The fourth-order valence-corrected chi connectivity index (χ4v) is 2.23. The van der Waals surface area contributed by atoms with Crippen molar-refractivity contribution in [2.24, 2.45) is 0 Å². The first-order valence-corrected chi connectivity index (χ1v) is 7.72. The number of para-hydroxylation sites is 3.